The second-order valence-electron chi connectivity index (χ2n) is 6.85. The van der Waals surface area contributed by atoms with Crippen molar-refractivity contribution in [2.45, 2.75) is 24.9 Å². The van der Waals surface area contributed by atoms with Crippen LogP contribution in [0.4, 0.5) is 4.79 Å². The lowest BCUT2D eigenvalue weighted by Gasteiger charge is -2.37. The number of likely N-dealkylation sites (tertiary alicyclic amines) is 1. The monoisotopic (exact) mass is 422 g/mol. The van der Waals surface area contributed by atoms with Gasteiger partial charge in [0, 0.05) is 24.9 Å². The maximum atomic E-state index is 12.4. The third kappa shape index (κ3) is 5.56. The van der Waals surface area contributed by atoms with Crippen molar-refractivity contribution in [2.24, 2.45) is 0 Å². The van der Waals surface area contributed by atoms with Crippen LogP contribution in [0, 0.1) is 0 Å². The lowest BCUT2D eigenvalue weighted by atomic mass is 10.0. The molecule has 29 heavy (non-hydrogen) atoms. The van der Waals surface area contributed by atoms with E-state index < -0.39 is 18.1 Å². The van der Waals surface area contributed by atoms with Crippen molar-refractivity contribution in [1.29, 1.82) is 0 Å². The summed E-state index contributed by atoms with van der Waals surface area (Å²) in [6.07, 6.45) is 0.755. The first kappa shape index (κ1) is 21.3. The van der Waals surface area contributed by atoms with E-state index in [1.807, 2.05) is 35.2 Å². The Labute approximate surface area is 174 Å². The van der Waals surface area contributed by atoms with Gasteiger partial charge in [-0.2, -0.15) is 0 Å². The van der Waals surface area contributed by atoms with Crippen molar-refractivity contribution >= 4 is 29.7 Å². The van der Waals surface area contributed by atoms with Crippen LogP contribution in [0.1, 0.15) is 12.8 Å². The van der Waals surface area contributed by atoms with Gasteiger partial charge in [-0.15, -0.1) is 11.8 Å². The summed E-state index contributed by atoms with van der Waals surface area (Å²) >= 11 is 1.55. The van der Waals surface area contributed by atoms with Crippen molar-refractivity contribution in [2.75, 3.05) is 44.9 Å². The molecule has 1 unspecified atom stereocenters. The molecule has 1 aromatic carbocycles. The minimum Gasteiger partial charge on any atom is -0.493 e. The van der Waals surface area contributed by atoms with Crippen molar-refractivity contribution in [3.8, 4) is 5.75 Å². The van der Waals surface area contributed by atoms with E-state index in [0.717, 1.165) is 11.5 Å². The van der Waals surface area contributed by atoms with Crippen LogP contribution in [0.2, 0.25) is 0 Å². The Morgan fingerprint density at radius 3 is 2.62 bits per heavy atom. The van der Waals surface area contributed by atoms with E-state index in [1.165, 1.54) is 12.0 Å². The van der Waals surface area contributed by atoms with Crippen LogP contribution in [-0.4, -0.2) is 84.8 Å². The van der Waals surface area contributed by atoms with Crippen LogP contribution in [0.5, 0.6) is 5.75 Å². The zero-order chi connectivity index (χ0) is 20.6. The smallest absolute Gasteiger partial charge is 0.410 e. The van der Waals surface area contributed by atoms with Crippen LogP contribution in [-0.2, 0) is 19.1 Å². The number of hydrogen-bond donors (Lipinski definition) is 0. The highest BCUT2D eigenvalue weighted by Crippen LogP contribution is 2.25. The SMILES string of the molecule is COC(=O)C1COC(=O)N1C1CCN(C(=O)CSCCOc2ccccc2)CC1. The molecule has 8 nitrogen and oxygen atoms in total. The van der Waals surface area contributed by atoms with Crippen molar-refractivity contribution in [1.82, 2.24) is 9.80 Å². The molecule has 2 fully saturated rings. The molecule has 2 aliphatic heterocycles. The number of benzene rings is 1. The standard InChI is InChI=1S/C20H26N2O6S/c1-26-19(24)17-13-28-20(25)22(17)15-7-9-21(10-8-15)18(23)14-29-12-11-27-16-5-3-2-4-6-16/h2-6,15,17H,7-14H2,1H3. The van der Waals surface area contributed by atoms with Gasteiger partial charge >= 0.3 is 12.1 Å². The van der Waals surface area contributed by atoms with Crippen LogP contribution in [0.3, 0.4) is 0 Å². The highest BCUT2D eigenvalue weighted by atomic mass is 32.2. The maximum absolute atomic E-state index is 12.4. The molecule has 2 heterocycles. The van der Waals surface area contributed by atoms with Crippen LogP contribution in [0.15, 0.2) is 30.3 Å². The Kier molecular flexibility index (Phi) is 7.62. The first-order valence-electron chi connectivity index (χ1n) is 9.66. The molecule has 0 aromatic heterocycles. The molecule has 0 bridgehead atoms. The van der Waals surface area contributed by atoms with Gasteiger partial charge < -0.3 is 19.1 Å². The third-order valence-corrected chi connectivity index (χ3v) is 5.97. The number of piperidine rings is 1. The number of nitrogens with zero attached hydrogens (tertiary/aromatic N) is 2. The molecule has 2 amide bonds. The molecule has 0 spiro atoms. The average molecular weight is 423 g/mol. The van der Waals surface area contributed by atoms with E-state index in [2.05, 4.69) is 0 Å². The number of amides is 2. The molecule has 0 saturated carbocycles. The minimum absolute atomic E-state index is 0.0202. The van der Waals surface area contributed by atoms with E-state index in [0.29, 0.717) is 38.3 Å². The topological polar surface area (TPSA) is 85.4 Å². The number of carbonyl (C=O) groups is 3. The molecule has 1 aromatic rings. The Balaban J connectivity index is 1.37. The molecule has 9 heteroatoms. The summed E-state index contributed by atoms with van der Waals surface area (Å²) in [6.45, 7) is 1.69. The molecule has 3 rings (SSSR count). The van der Waals surface area contributed by atoms with Crippen LogP contribution < -0.4 is 4.74 Å². The molecule has 1 atom stereocenters. The largest absolute Gasteiger partial charge is 0.493 e. The van der Waals surface area contributed by atoms with Gasteiger partial charge in [-0.3, -0.25) is 9.69 Å². The molecule has 2 aliphatic rings. The second-order valence-corrected chi connectivity index (χ2v) is 7.95. The fourth-order valence-electron chi connectivity index (χ4n) is 3.53. The van der Waals surface area contributed by atoms with Gasteiger partial charge in [0.25, 0.3) is 0 Å². The zero-order valence-corrected chi connectivity index (χ0v) is 17.3. The lowest BCUT2D eigenvalue weighted by molar-refractivity contribution is -0.146. The Bertz CT molecular complexity index is 708. The maximum Gasteiger partial charge on any atom is 0.410 e. The third-order valence-electron chi connectivity index (χ3n) is 5.06. The number of esters is 1. The molecular formula is C20H26N2O6S. The number of hydrogen-bond acceptors (Lipinski definition) is 7. The second kappa shape index (κ2) is 10.4. The first-order chi connectivity index (χ1) is 14.1. The van der Waals surface area contributed by atoms with E-state index in [1.54, 1.807) is 11.8 Å². The lowest BCUT2D eigenvalue weighted by Crippen LogP contribution is -2.52. The fraction of sp³-hybridized carbons (Fsp3) is 0.550. The molecule has 158 valence electrons. The summed E-state index contributed by atoms with van der Waals surface area (Å²) in [4.78, 5) is 39.6. The average Bonchev–Trinajstić information content (AvgIpc) is 3.15. The number of para-hydroxylation sites is 1. The van der Waals surface area contributed by atoms with E-state index >= 15 is 0 Å². The molecule has 0 radical (unpaired) electrons. The summed E-state index contributed by atoms with van der Waals surface area (Å²) in [5.41, 5.74) is 0. The van der Waals surface area contributed by atoms with Crippen molar-refractivity contribution in [3.05, 3.63) is 30.3 Å². The molecule has 2 saturated heterocycles. The van der Waals surface area contributed by atoms with Gasteiger partial charge in [-0.25, -0.2) is 9.59 Å². The van der Waals surface area contributed by atoms with Gasteiger partial charge in [-0.05, 0) is 25.0 Å². The Morgan fingerprint density at radius 2 is 1.93 bits per heavy atom. The number of rotatable bonds is 8. The summed E-state index contributed by atoms with van der Waals surface area (Å²) in [6, 6.07) is 8.77. The van der Waals surface area contributed by atoms with Crippen LogP contribution in [0.25, 0.3) is 0 Å². The number of carbonyl (C=O) groups excluding carboxylic acids is 3. The normalized spacial score (nSPS) is 19.8. The van der Waals surface area contributed by atoms with E-state index in [9.17, 15) is 14.4 Å². The predicted molar refractivity (Wildman–Crippen MR) is 108 cm³/mol. The molecule has 0 aliphatic carbocycles. The van der Waals surface area contributed by atoms with Crippen molar-refractivity contribution in [3.63, 3.8) is 0 Å². The summed E-state index contributed by atoms with van der Waals surface area (Å²) in [5, 5.41) is 0. The highest BCUT2D eigenvalue weighted by Gasteiger charge is 2.44. The Hall–Kier alpha value is -2.42. The van der Waals surface area contributed by atoms with Gasteiger partial charge in [0.05, 0.1) is 19.5 Å². The fourth-order valence-corrected chi connectivity index (χ4v) is 4.24. The highest BCUT2D eigenvalue weighted by molar-refractivity contribution is 7.99. The molecular weight excluding hydrogens is 396 g/mol. The number of cyclic esters (lactones) is 1. The van der Waals surface area contributed by atoms with Gasteiger partial charge in [0.15, 0.2) is 6.04 Å². The number of ether oxygens (including phenoxy) is 3. The minimum atomic E-state index is -0.695. The van der Waals surface area contributed by atoms with E-state index in [4.69, 9.17) is 14.2 Å². The van der Waals surface area contributed by atoms with Gasteiger partial charge in [0.2, 0.25) is 5.91 Å². The zero-order valence-electron chi connectivity index (χ0n) is 16.5. The first-order valence-corrected chi connectivity index (χ1v) is 10.8. The molecule has 0 N–H and O–H groups in total. The van der Waals surface area contributed by atoms with Crippen LogP contribution >= 0.6 is 11.8 Å². The van der Waals surface area contributed by atoms with Crippen molar-refractivity contribution < 1.29 is 28.6 Å². The van der Waals surface area contributed by atoms with Gasteiger partial charge in [0.1, 0.15) is 12.4 Å². The Morgan fingerprint density at radius 1 is 1.21 bits per heavy atom. The summed E-state index contributed by atoms with van der Waals surface area (Å²) < 4.78 is 15.4. The number of methoxy groups -OCH3 is 1. The number of thioether (sulfide) groups is 1. The van der Waals surface area contributed by atoms with Gasteiger partial charge in [-0.1, -0.05) is 18.2 Å². The predicted octanol–water partition coefficient (Wildman–Crippen LogP) is 1.78. The summed E-state index contributed by atoms with van der Waals surface area (Å²) in [7, 11) is 1.30. The summed E-state index contributed by atoms with van der Waals surface area (Å²) in [5.74, 6) is 1.58. The van der Waals surface area contributed by atoms with E-state index in [-0.39, 0.29) is 18.6 Å². The quantitative estimate of drug-likeness (QED) is 0.466.